The number of aliphatic hydroxyl groups is 6. The van der Waals surface area contributed by atoms with E-state index in [0.29, 0.717) is 0 Å². The summed E-state index contributed by atoms with van der Waals surface area (Å²) in [4.78, 5) is 49.2. The van der Waals surface area contributed by atoms with Crippen LogP contribution in [0.5, 0.6) is 0 Å². The number of hydrogen-bond donors (Lipinski definition) is 8. The van der Waals surface area contributed by atoms with Crippen LogP contribution in [0.4, 0.5) is 0 Å². The topological polar surface area (TPSA) is 250 Å². The maximum absolute atomic E-state index is 11.6. The van der Waals surface area contributed by atoms with Crippen molar-refractivity contribution in [1.82, 2.24) is 19.1 Å². The number of ether oxygens (including phenoxy) is 2. The molecule has 8 N–H and O–H groups in total. The molecule has 0 aliphatic carbocycles. The standard InChI is InChI=1S/C10H14N2O6.C9H12N2O6/c1-4-2-12(10(17)11-8(4)16)9-7(15)6(14)5(3-13)18-9;12-3-4-6(14)7(15)8(17-4)11-2-1-5(13)10-9(11)16/h2,5-7,9,13-15H,3H2,1H3,(H,11,16,17);1-2,4,6-8,12,14-15H,3H2,(H,10,13,16)/t5-,6-,7-,9-;4-,6-,7-,8-/m11/s1. The van der Waals surface area contributed by atoms with E-state index in [2.05, 4.69) is 4.98 Å². The van der Waals surface area contributed by atoms with Crippen molar-refractivity contribution in [2.45, 2.75) is 56.0 Å². The molecule has 0 radical (unpaired) electrons. The lowest BCUT2D eigenvalue weighted by atomic mass is 10.1. The van der Waals surface area contributed by atoms with E-state index in [1.807, 2.05) is 4.98 Å². The first kappa shape index (κ1) is 26.6. The van der Waals surface area contributed by atoms with Gasteiger partial charge < -0.3 is 40.1 Å². The first-order valence-electron chi connectivity index (χ1n) is 10.4. The average molecular weight is 502 g/mol. The van der Waals surface area contributed by atoms with Crippen molar-refractivity contribution in [2.75, 3.05) is 13.2 Å². The fourth-order valence-corrected chi connectivity index (χ4v) is 3.62. The molecule has 16 nitrogen and oxygen atoms in total. The van der Waals surface area contributed by atoms with Crippen molar-refractivity contribution in [3.8, 4) is 0 Å². The second-order valence-corrected chi connectivity index (χ2v) is 7.95. The predicted octanol–water partition coefficient (Wildman–Crippen LogP) is -5.40. The number of aromatic nitrogens is 4. The van der Waals surface area contributed by atoms with Crippen LogP contribution in [0.2, 0.25) is 0 Å². The van der Waals surface area contributed by atoms with E-state index in [1.165, 1.54) is 13.1 Å². The predicted molar refractivity (Wildman–Crippen MR) is 113 cm³/mol. The molecule has 0 spiro atoms. The SMILES string of the molecule is Cc1cn([C@@H]2O[C@H](CO)[C@@H](O)[C@H]2O)c(=O)[nH]c1=O.O=c1ccn([C@@H]2O[C@H](CO)[C@@H](O)[C@H]2O)c(=O)[nH]1. The second kappa shape index (κ2) is 10.8. The highest BCUT2D eigenvalue weighted by Crippen LogP contribution is 2.28. The van der Waals surface area contributed by atoms with Crippen LogP contribution in [0.25, 0.3) is 0 Å². The Morgan fingerprint density at radius 3 is 1.74 bits per heavy atom. The fourth-order valence-electron chi connectivity index (χ4n) is 3.62. The summed E-state index contributed by atoms with van der Waals surface area (Å²) in [6, 6.07) is 1.09. The highest BCUT2D eigenvalue weighted by Gasteiger charge is 2.44. The van der Waals surface area contributed by atoms with Gasteiger partial charge in [-0.05, 0) is 6.92 Å². The molecule has 2 saturated heterocycles. The van der Waals surface area contributed by atoms with Gasteiger partial charge in [0.05, 0.1) is 13.2 Å². The Balaban J connectivity index is 0.000000196. The molecule has 16 heteroatoms. The van der Waals surface area contributed by atoms with Crippen molar-refractivity contribution in [1.29, 1.82) is 0 Å². The molecule has 35 heavy (non-hydrogen) atoms. The molecule has 4 heterocycles. The van der Waals surface area contributed by atoms with Gasteiger partial charge in [0.2, 0.25) is 0 Å². The quantitative estimate of drug-likeness (QED) is 0.195. The van der Waals surface area contributed by atoms with Crippen molar-refractivity contribution in [3.05, 3.63) is 65.7 Å². The molecule has 0 aromatic carbocycles. The molecule has 2 aliphatic rings. The average Bonchev–Trinajstić information content (AvgIpc) is 3.26. The van der Waals surface area contributed by atoms with Crippen LogP contribution >= 0.6 is 0 Å². The number of rotatable bonds is 4. The van der Waals surface area contributed by atoms with Crippen molar-refractivity contribution >= 4 is 0 Å². The molecule has 0 unspecified atom stereocenters. The van der Waals surface area contributed by atoms with E-state index < -0.39 is 84.8 Å². The number of hydrogen-bond acceptors (Lipinski definition) is 12. The zero-order chi connectivity index (χ0) is 26.0. The third kappa shape index (κ3) is 5.34. The summed E-state index contributed by atoms with van der Waals surface area (Å²) >= 11 is 0. The molecule has 2 aliphatic heterocycles. The number of aromatic amines is 2. The normalized spacial score (nSPS) is 32.3. The van der Waals surface area contributed by atoms with Gasteiger partial charge in [-0.1, -0.05) is 0 Å². The molecular formula is C19H26N4O12. The van der Waals surface area contributed by atoms with Gasteiger partial charge in [0.15, 0.2) is 12.5 Å². The molecule has 0 saturated carbocycles. The van der Waals surface area contributed by atoms with E-state index in [-0.39, 0.29) is 5.56 Å². The van der Waals surface area contributed by atoms with Gasteiger partial charge in [0, 0.05) is 24.0 Å². The van der Waals surface area contributed by atoms with Crippen LogP contribution < -0.4 is 22.5 Å². The number of aryl methyl sites for hydroxylation is 1. The molecule has 8 atom stereocenters. The summed E-state index contributed by atoms with van der Waals surface area (Å²) in [5, 5.41) is 56.4. The van der Waals surface area contributed by atoms with E-state index in [9.17, 15) is 39.6 Å². The maximum atomic E-state index is 11.6. The fraction of sp³-hybridized carbons (Fsp3) is 0.579. The highest BCUT2D eigenvalue weighted by atomic mass is 16.6. The Kier molecular flexibility index (Phi) is 8.18. The van der Waals surface area contributed by atoms with E-state index >= 15 is 0 Å². The summed E-state index contributed by atoms with van der Waals surface area (Å²) in [6.45, 7) is 0.536. The molecule has 2 aromatic rings. The maximum Gasteiger partial charge on any atom is 0.330 e. The van der Waals surface area contributed by atoms with Crippen LogP contribution in [0.3, 0.4) is 0 Å². The van der Waals surface area contributed by atoms with Crippen LogP contribution in [-0.2, 0) is 9.47 Å². The number of nitrogens with one attached hydrogen (secondary N) is 2. The smallest absolute Gasteiger partial charge is 0.330 e. The Hall–Kier alpha value is -2.96. The van der Waals surface area contributed by atoms with Crippen LogP contribution in [-0.4, -0.2) is 99.6 Å². The minimum absolute atomic E-state index is 0.271. The Bertz CT molecular complexity index is 1250. The summed E-state index contributed by atoms with van der Waals surface area (Å²) in [7, 11) is 0. The van der Waals surface area contributed by atoms with Crippen molar-refractivity contribution < 1.29 is 40.1 Å². The molecule has 0 bridgehead atoms. The number of nitrogens with zero attached hydrogens (tertiary/aromatic N) is 2. The number of aliphatic hydroxyl groups excluding tert-OH is 6. The van der Waals surface area contributed by atoms with Gasteiger partial charge >= 0.3 is 11.4 Å². The van der Waals surface area contributed by atoms with Gasteiger partial charge in [-0.15, -0.1) is 0 Å². The third-order valence-corrected chi connectivity index (χ3v) is 5.58. The van der Waals surface area contributed by atoms with Crippen LogP contribution in [0.15, 0.2) is 37.6 Å². The second-order valence-electron chi connectivity index (χ2n) is 7.95. The van der Waals surface area contributed by atoms with Crippen molar-refractivity contribution in [3.63, 3.8) is 0 Å². The van der Waals surface area contributed by atoms with E-state index in [0.717, 1.165) is 21.4 Å². The highest BCUT2D eigenvalue weighted by molar-refractivity contribution is 5.03. The minimum Gasteiger partial charge on any atom is -0.394 e. The monoisotopic (exact) mass is 502 g/mol. The van der Waals surface area contributed by atoms with Gasteiger partial charge in [-0.2, -0.15) is 0 Å². The zero-order valence-electron chi connectivity index (χ0n) is 18.3. The van der Waals surface area contributed by atoms with Gasteiger partial charge in [-0.3, -0.25) is 28.7 Å². The lowest BCUT2D eigenvalue weighted by molar-refractivity contribution is -0.0551. The van der Waals surface area contributed by atoms with Crippen molar-refractivity contribution in [2.24, 2.45) is 0 Å². The lowest BCUT2D eigenvalue weighted by Gasteiger charge is -2.17. The van der Waals surface area contributed by atoms with E-state index in [1.54, 1.807) is 0 Å². The summed E-state index contributed by atoms with van der Waals surface area (Å²) < 4.78 is 12.3. The molecule has 0 amide bonds. The first-order chi connectivity index (χ1) is 16.5. The molecule has 2 fully saturated rings. The first-order valence-corrected chi connectivity index (χ1v) is 10.4. The Morgan fingerprint density at radius 2 is 1.29 bits per heavy atom. The molecule has 2 aromatic heterocycles. The third-order valence-electron chi connectivity index (χ3n) is 5.58. The van der Waals surface area contributed by atoms with E-state index in [4.69, 9.17) is 19.7 Å². The Labute approximate surface area is 194 Å². The van der Waals surface area contributed by atoms with Gasteiger partial charge in [0.25, 0.3) is 11.1 Å². The summed E-state index contributed by atoms with van der Waals surface area (Å²) in [5.74, 6) is 0. The Morgan fingerprint density at radius 1 is 0.800 bits per heavy atom. The van der Waals surface area contributed by atoms with Gasteiger partial charge in [0.1, 0.15) is 36.6 Å². The van der Waals surface area contributed by atoms with Gasteiger partial charge in [-0.25, -0.2) is 9.59 Å². The summed E-state index contributed by atoms with van der Waals surface area (Å²) in [5.41, 5.74) is -2.33. The molecule has 194 valence electrons. The number of H-pyrrole nitrogens is 2. The van der Waals surface area contributed by atoms with Crippen LogP contribution in [0, 0.1) is 6.92 Å². The molecule has 4 rings (SSSR count). The minimum atomic E-state index is -1.36. The zero-order valence-corrected chi connectivity index (χ0v) is 18.3. The van der Waals surface area contributed by atoms with Crippen LogP contribution in [0.1, 0.15) is 18.0 Å². The molecular weight excluding hydrogens is 476 g/mol. The lowest BCUT2D eigenvalue weighted by Crippen LogP contribution is -2.38. The largest absolute Gasteiger partial charge is 0.394 e. The summed E-state index contributed by atoms with van der Waals surface area (Å²) in [6.07, 6.45) is -7.10.